The molecule has 1 aromatic carbocycles. The number of halogens is 2. The molecule has 6 heteroatoms. The summed E-state index contributed by atoms with van der Waals surface area (Å²) in [5, 5.41) is 0. The lowest BCUT2D eigenvalue weighted by Gasteiger charge is -2.17. The van der Waals surface area contributed by atoms with Crippen molar-refractivity contribution < 1.29 is 8.78 Å². The highest BCUT2D eigenvalue weighted by Crippen LogP contribution is 2.21. The van der Waals surface area contributed by atoms with Crippen LogP contribution >= 0.6 is 0 Å². The zero-order valence-corrected chi connectivity index (χ0v) is 11.3. The number of imidazole rings is 1. The molecule has 1 unspecified atom stereocenters. The van der Waals surface area contributed by atoms with E-state index in [0.29, 0.717) is 6.42 Å². The quantitative estimate of drug-likeness (QED) is 0.630. The van der Waals surface area contributed by atoms with Gasteiger partial charge in [-0.1, -0.05) is 6.92 Å². The largest absolute Gasteiger partial charge is 0.335 e. The maximum atomic E-state index is 13.8. The number of nitrogens with one attached hydrogen (secondary N) is 1. The Labute approximate surface area is 116 Å². The van der Waals surface area contributed by atoms with Crippen molar-refractivity contribution in [3.05, 3.63) is 53.6 Å². The summed E-state index contributed by atoms with van der Waals surface area (Å²) < 4.78 is 29.0. The van der Waals surface area contributed by atoms with Gasteiger partial charge in [0.15, 0.2) is 0 Å². The van der Waals surface area contributed by atoms with Gasteiger partial charge in [-0.05, 0) is 24.6 Å². The van der Waals surface area contributed by atoms with Crippen molar-refractivity contribution in [1.29, 1.82) is 0 Å². The average molecular weight is 280 g/mol. The molecule has 1 heterocycles. The molecule has 108 valence electrons. The van der Waals surface area contributed by atoms with Gasteiger partial charge >= 0.3 is 0 Å². The highest BCUT2D eigenvalue weighted by Gasteiger charge is 2.18. The molecule has 20 heavy (non-hydrogen) atoms. The van der Waals surface area contributed by atoms with Crippen molar-refractivity contribution in [2.24, 2.45) is 5.84 Å². The van der Waals surface area contributed by atoms with Crippen LogP contribution < -0.4 is 11.3 Å². The van der Waals surface area contributed by atoms with E-state index in [1.54, 1.807) is 6.20 Å². The van der Waals surface area contributed by atoms with E-state index in [0.717, 1.165) is 37.0 Å². The Hall–Kier alpha value is -1.79. The molecule has 3 N–H and O–H groups in total. The Bertz CT molecular complexity index is 568. The van der Waals surface area contributed by atoms with E-state index in [9.17, 15) is 8.78 Å². The van der Waals surface area contributed by atoms with Crippen LogP contribution in [-0.4, -0.2) is 9.55 Å². The summed E-state index contributed by atoms with van der Waals surface area (Å²) in [6, 6.07) is 2.83. The van der Waals surface area contributed by atoms with Crippen molar-refractivity contribution in [3.63, 3.8) is 0 Å². The summed E-state index contributed by atoms with van der Waals surface area (Å²) >= 11 is 0. The van der Waals surface area contributed by atoms with Gasteiger partial charge in [-0.3, -0.25) is 11.3 Å². The third-order valence-corrected chi connectivity index (χ3v) is 3.19. The van der Waals surface area contributed by atoms with E-state index < -0.39 is 17.7 Å². The molecule has 0 saturated carbocycles. The number of hydrazine groups is 1. The van der Waals surface area contributed by atoms with Gasteiger partial charge in [-0.25, -0.2) is 13.8 Å². The van der Waals surface area contributed by atoms with Gasteiger partial charge in [0, 0.05) is 30.9 Å². The third kappa shape index (κ3) is 3.20. The van der Waals surface area contributed by atoms with Crippen LogP contribution in [0.3, 0.4) is 0 Å². The molecule has 4 nitrogen and oxygen atoms in total. The fraction of sp³-hybridized carbons (Fsp3) is 0.357. The van der Waals surface area contributed by atoms with E-state index in [1.165, 1.54) is 0 Å². The fourth-order valence-electron chi connectivity index (χ4n) is 2.20. The van der Waals surface area contributed by atoms with Crippen molar-refractivity contribution in [1.82, 2.24) is 15.0 Å². The van der Waals surface area contributed by atoms with E-state index in [4.69, 9.17) is 5.84 Å². The van der Waals surface area contributed by atoms with Crippen LogP contribution in [0.2, 0.25) is 0 Å². The number of nitrogens with two attached hydrogens (primary N) is 1. The molecule has 0 fully saturated rings. The number of aromatic nitrogens is 2. The zero-order chi connectivity index (χ0) is 14.5. The highest BCUT2D eigenvalue weighted by atomic mass is 19.1. The smallest absolute Gasteiger partial charge is 0.128 e. The molecular formula is C14H18F2N4. The van der Waals surface area contributed by atoms with Gasteiger partial charge in [0.1, 0.15) is 17.5 Å². The van der Waals surface area contributed by atoms with Gasteiger partial charge in [0.2, 0.25) is 0 Å². The second kappa shape index (κ2) is 6.58. The van der Waals surface area contributed by atoms with Gasteiger partial charge in [-0.2, -0.15) is 0 Å². The van der Waals surface area contributed by atoms with Crippen LogP contribution in [0.1, 0.15) is 30.8 Å². The average Bonchev–Trinajstić information content (AvgIpc) is 2.87. The first-order valence-electron chi connectivity index (χ1n) is 6.56. The molecule has 2 rings (SSSR count). The van der Waals surface area contributed by atoms with Crippen LogP contribution in [0.25, 0.3) is 0 Å². The molecule has 0 aliphatic heterocycles. The van der Waals surface area contributed by atoms with Gasteiger partial charge in [0.25, 0.3) is 0 Å². The molecule has 0 spiro atoms. The molecule has 0 bridgehead atoms. The minimum absolute atomic E-state index is 0.207. The number of aryl methyl sites for hydroxylation is 1. The highest BCUT2D eigenvalue weighted by molar-refractivity contribution is 5.23. The lowest BCUT2D eigenvalue weighted by Crippen LogP contribution is -2.31. The Morgan fingerprint density at radius 2 is 2.20 bits per heavy atom. The minimum Gasteiger partial charge on any atom is -0.335 e. The lowest BCUT2D eigenvalue weighted by atomic mass is 10.0. The Kier molecular flexibility index (Phi) is 4.81. The van der Waals surface area contributed by atoms with Crippen molar-refractivity contribution in [3.8, 4) is 0 Å². The number of hydrogen-bond donors (Lipinski definition) is 2. The summed E-state index contributed by atoms with van der Waals surface area (Å²) in [6.07, 6.45) is 4.93. The molecule has 0 amide bonds. The predicted octanol–water partition coefficient (Wildman–Crippen LogP) is 2.32. The summed E-state index contributed by atoms with van der Waals surface area (Å²) in [7, 11) is 0. The molecular weight excluding hydrogens is 262 g/mol. The van der Waals surface area contributed by atoms with Gasteiger partial charge in [0.05, 0.1) is 6.04 Å². The van der Waals surface area contributed by atoms with E-state index in [2.05, 4.69) is 17.3 Å². The van der Waals surface area contributed by atoms with Crippen LogP contribution in [0, 0.1) is 11.6 Å². The molecule has 1 atom stereocenters. The topological polar surface area (TPSA) is 55.9 Å². The molecule has 0 aliphatic rings. The number of benzene rings is 1. The Morgan fingerprint density at radius 3 is 2.90 bits per heavy atom. The van der Waals surface area contributed by atoms with Crippen LogP contribution in [0.15, 0.2) is 30.6 Å². The minimum atomic E-state index is -0.524. The molecule has 0 saturated heterocycles. The third-order valence-electron chi connectivity index (χ3n) is 3.19. The number of nitrogens with zero attached hydrogens (tertiary/aromatic N) is 2. The second-order valence-corrected chi connectivity index (χ2v) is 4.63. The normalized spacial score (nSPS) is 12.6. The van der Waals surface area contributed by atoms with Crippen molar-refractivity contribution >= 4 is 0 Å². The first kappa shape index (κ1) is 14.6. The van der Waals surface area contributed by atoms with Crippen LogP contribution in [0.5, 0.6) is 0 Å². The Morgan fingerprint density at radius 1 is 1.40 bits per heavy atom. The van der Waals surface area contributed by atoms with Crippen LogP contribution in [-0.2, 0) is 13.0 Å². The lowest BCUT2D eigenvalue weighted by molar-refractivity contribution is 0.483. The monoisotopic (exact) mass is 280 g/mol. The van der Waals surface area contributed by atoms with E-state index in [1.807, 2.05) is 10.8 Å². The standard InChI is InChI=1S/C14H18F2N4/c1-2-6-20-7-5-18-14(20)9-13(19-17)11-8-10(15)3-4-12(11)16/h3-5,7-8,13,19H,2,6,9,17H2,1H3. The molecule has 2 aromatic rings. The van der Waals surface area contributed by atoms with Crippen molar-refractivity contribution in [2.45, 2.75) is 32.4 Å². The Balaban J connectivity index is 2.24. The van der Waals surface area contributed by atoms with Crippen LogP contribution in [0.4, 0.5) is 8.78 Å². The fourth-order valence-corrected chi connectivity index (χ4v) is 2.20. The summed E-state index contributed by atoms with van der Waals surface area (Å²) in [5.41, 5.74) is 2.74. The summed E-state index contributed by atoms with van der Waals surface area (Å²) in [6.45, 7) is 2.90. The first-order valence-corrected chi connectivity index (χ1v) is 6.56. The maximum Gasteiger partial charge on any atom is 0.128 e. The maximum absolute atomic E-state index is 13.8. The zero-order valence-electron chi connectivity index (χ0n) is 11.3. The number of rotatable bonds is 6. The summed E-state index contributed by atoms with van der Waals surface area (Å²) in [4.78, 5) is 4.25. The molecule has 0 aliphatic carbocycles. The second-order valence-electron chi connectivity index (χ2n) is 4.63. The van der Waals surface area contributed by atoms with Gasteiger partial charge in [-0.15, -0.1) is 0 Å². The predicted molar refractivity (Wildman–Crippen MR) is 72.6 cm³/mol. The van der Waals surface area contributed by atoms with E-state index >= 15 is 0 Å². The SMILES string of the molecule is CCCn1ccnc1CC(NN)c1cc(F)ccc1F. The molecule has 0 radical (unpaired) electrons. The first-order chi connectivity index (χ1) is 9.65. The molecule has 1 aromatic heterocycles. The summed E-state index contributed by atoms with van der Waals surface area (Å²) in [5.74, 6) is 5.31. The van der Waals surface area contributed by atoms with Gasteiger partial charge < -0.3 is 4.57 Å². The number of hydrogen-bond acceptors (Lipinski definition) is 3. The van der Waals surface area contributed by atoms with Crippen molar-refractivity contribution in [2.75, 3.05) is 0 Å². The van der Waals surface area contributed by atoms with E-state index in [-0.39, 0.29) is 5.56 Å².